The van der Waals surface area contributed by atoms with Crippen LogP contribution in [0.2, 0.25) is 0 Å². The monoisotopic (exact) mass is 602 g/mol. The summed E-state index contributed by atoms with van der Waals surface area (Å²) in [6, 6.07) is 9.65. The Morgan fingerprint density at radius 2 is 1.67 bits per heavy atom. The summed E-state index contributed by atoms with van der Waals surface area (Å²) in [4.78, 5) is 38.5. The number of aromatic nitrogens is 5. The van der Waals surface area contributed by atoms with Gasteiger partial charge in [-0.3, -0.25) is 0 Å². The van der Waals surface area contributed by atoms with E-state index in [0.717, 1.165) is 46.1 Å². The number of nitrogens with one attached hydrogen (secondary N) is 1. The lowest BCUT2D eigenvalue weighted by molar-refractivity contribution is -0.193. The Kier molecular flexibility index (Phi) is 9.38. The van der Waals surface area contributed by atoms with E-state index in [1.165, 1.54) is 0 Å². The van der Waals surface area contributed by atoms with E-state index in [4.69, 9.17) is 35.0 Å². The van der Waals surface area contributed by atoms with Crippen molar-refractivity contribution in [2.24, 2.45) is 0 Å². The van der Waals surface area contributed by atoms with E-state index in [1.807, 2.05) is 24.3 Å². The van der Waals surface area contributed by atoms with Crippen molar-refractivity contribution in [3.05, 3.63) is 54.1 Å². The molecule has 1 unspecified atom stereocenters. The predicted molar refractivity (Wildman–Crippen MR) is 132 cm³/mol. The standard InChI is InChI=1S/C20H18N6O2.2C2HF3O2/c1-27-14-2-3-17-11(7-14)6-13(10-28-17)18-24-16-8-12(9-23-19(16)26-18)15-4-5-22-20(21)25-15;2*3-2(4,5)1(6)7/h2-5,7-9,13H,6,10H2,1H3,(H2,21,22,25)(H,23,24,26);2*(H,6,7). The highest BCUT2D eigenvalue weighted by Crippen LogP contribution is 2.34. The summed E-state index contributed by atoms with van der Waals surface area (Å²) in [5.41, 5.74) is 9.88. The van der Waals surface area contributed by atoms with Gasteiger partial charge in [0.05, 0.1) is 30.8 Å². The summed E-state index contributed by atoms with van der Waals surface area (Å²) in [6.45, 7) is 0.564. The number of nitrogens with two attached hydrogens (primary N) is 1. The third-order valence-corrected chi connectivity index (χ3v) is 5.37. The fraction of sp³-hybridized carbons (Fsp3) is 0.250. The van der Waals surface area contributed by atoms with E-state index in [1.54, 1.807) is 25.6 Å². The van der Waals surface area contributed by atoms with E-state index in [0.29, 0.717) is 12.3 Å². The van der Waals surface area contributed by atoms with Crippen LogP contribution in [0.1, 0.15) is 17.3 Å². The summed E-state index contributed by atoms with van der Waals surface area (Å²) in [5, 5.41) is 14.2. The highest BCUT2D eigenvalue weighted by atomic mass is 19.4. The Morgan fingerprint density at radius 1 is 1.02 bits per heavy atom. The Labute approximate surface area is 231 Å². The number of H-pyrrole nitrogens is 1. The number of aliphatic carboxylic acids is 2. The number of aromatic amines is 1. The molecule has 1 atom stereocenters. The first-order valence-electron chi connectivity index (χ1n) is 11.4. The van der Waals surface area contributed by atoms with Crippen molar-refractivity contribution in [1.82, 2.24) is 24.9 Å². The van der Waals surface area contributed by atoms with Crippen LogP contribution in [-0.4, -0.2) is 73.1 Å². The molecule has 5 rings (SSSR count). The van der Waals surface area contributed by atoms with Crippen LogP contribution in [0, 0.1) is 0 Å². The normalized spacial score (nSPS) is 14.3. The average molecular weight is 602 g/mol. The Balaban J connectivity index is 0.000000289. The Hall–Kier alpha value is -5.16. The Bertz CT molecular complexity index is 1550. The molecule has 4 aromatic rings. The van der Waals surface area contributed by atoms with Crippen LogP contribution in [0.15, 0.2) is 42.7 Å². The number of imidazole rings is 1. The molecular formula is C24H20F6N6O6. The van der Waals surface area contributed by atoms with Gasteiger partial charge in [0.15, 0.2) is 5.65 Å². The molecular weight excluding hydrogens is 582 g/mol. The van der Waals surface area contributed by atoms with Gasteiger partial charge in [-0.1, -0.05) is 0 Å². The number of carbonyl (C=O) groups is 2. The molecule has 1 aliphatic rings. The number of benzene rings is 1. The molecule has 5 N–H and O–H groups in total. The lowest BCUT2D eigenvalue weighted by atomic mass is 9.96. The van der Waals surface area contributed by atoms with Crippen LogP contribution in [-0.2, 0) is 16.0 Å². The number of hydrogen-bond donors (Lipinski definition) is 4. The van der Waals surface area contributed by atoms with Crippen LogP contribution < -0.4 is 15.2 Å². The fourth-order valence-electron chi connectivity index (χ4n) is 3.46. The summed E-state index contributed by atoms with van der Waals surface area (Å²) in [5.74, 6) is -2.59. The van der Waals surface area contributed by atoms with Crippen molar-refractivity contribution in [3.8, 4) is 22.8 Å². The number of hydrogen-bond acceptors (Lipinski definition) is 9. The van der Waals surface area contributed by atoms with Crippen LogP contribution in [0.3, 0.4) is 0 Å². The maximum atomic E-state index is 10.6. The maximum Gasteiger partial charge on any atom is 0.490 e. The Morgan fingerprint density at radius 3 is 2.24 bits per heavy atom. The molecule has 1 aromatic carbocycles. The van der Waals surface area contributed by atoms with Gasteiger partial charge in [-0.05, 0) is 42.3 Å². The van der Waals surface area contributed by atoms with Crippen molar-refractivity contribution in [2.45, 2.75) is 24.7 Å². The van der Waals surface area contributed by atoms with Gasteiger partial charge in [-0.25, -0.2) is 29.5 Å². The van der Waals surface area contributed by atoms with E-state index in [-0.39, 0.29) is 11.9 Å². The van der Waals surface area contributed by atoms with Crippen molar-refractivity contribution in [3.63, 3.8) is 0 Å². The number of anilines is 1. The van der Waals surface area contributed by atoms with Gasteiger partial charge in [-0.15, -0.1) is 0 Å². The smallest absolute Gasteiger partial charge is 0.490 e. The van der Waals surface area contributed by atoms with Crippen molar-refractivity contribution < 1.29 is 55.6 Å². The highest BCUT2D eigenvalue weighted by molar-refractivity contribution is 5.77. The predicted octanol–water partition coefficient (Wildman–Crippen LogP) is 3.99. The molecule has 0 bridgehead atoms. The van der Waals surface area contributed by atoms with E-state index >= 15 is 0 Å². The molecule has 4 heterocycles. The van der Waals surface area contributed by atoms with E-state index in [9.17, 15) is 26.3 Å². The number of carboxylic acid groups (broad SMARTS) is 2. The lowest BCUT2D eigenvalue weighted by Gasteiger charge is -2.24. The van der Waals surface area contributed by atoms with Gasteiger partial charge < -0.3 is 30.4 Å². The second-order valence-electron chi connectivity index (χ2n) is 8.31. The van der Waals surface area contributed by atoms with Crippen molar-refractivity contribution in [2.75, 3.05) is 19.5 Å². The largest absolute Gasteiger partial charge is 0.497 e. The first-order valence-corrected chi connectivity index (χ1v) is 11.4. The minimum absolute atomic E-state index is 0.118. The number of nitrogen functional groups attached to an aromatic ring is 1. The van der Waals surface area contributed by atoms with Crippen LogP contribution in [0.5, 0.6) is 11.5 Å². The van der Waals surface area contributed by atoms with Crippen LogP contribution in [0.25, 0.3) is 22.4 Å². The number of nitrogens with zero attached hydrogens (tertiary/aromatic N) is 4. The zero-order valence-corrected chi connectivity index (χ0v) is 21.2. The molecule has 224 valence electrons. The molecule has 0 saturated heterocycles. The number of pyridine rings is 1. The molecule has 3 aromatic heterocycles. The third-order valence-electron chi connectivity index (χ3n) is 5.37. The quantitative estimate of drug-likeness (QED) is 0.248. The zero-order valence-electron chi connectivity index (χ0n) is 21.2. The topological polar surface area (TPSA) is 186 Å². The fourth-order valence-corrected chi connectivity index (χ4v) is 3.46. The highest BCUT2D eigenvalue weighted by Gasteiger charge is 2.38. The first-order chi connectivity index (χ1) is 19.6. The zero-order chi connectivity index (χ0) is 31.2. The molecule has 12 nitrogen and oxygen atoms in total. The van der Waals surface area contributed by atoms with Gasteiger partial charge in [0.2, 0.25) is 5.95 Å². The van der Waals surface area contributed by atoms with Gasteiger partial charge in [0.25, 0.3) is 0 Å². The summed E-state index contributed by atoms with van der Waals surface area (Å²) < 4.78 is 74.7. The number of methoxy groups -OCH3 is 1. The summed E-state index contributed by atoms with van der Waals surface area (Å²) in [7, 11) is 1.66. The number of fused-ring (bicyclic) bond motifs is 2. The minimum Gasteiger partial charge on any atom is -0.497 e. The average Bonchev–Trinajstić information content (AvgIpc) is 3.35. The first kappa shape index (κ1) is 31.4. The SMILES string of the molecule is COc1ccc2c(c1)CC(c1nc3ncc(-c4ccnc(N)n4)cc3[nH]1)CO2.O=C(O)C(F)(F)F.O=C(O)C(F)(F)F. The van der Waals surface area contributed by atoms with Gasteiger partial charge in [0.1, 0.15) is 17.3 Å². The number of ether oxygens (including phenoxy) is 2. The van der Waals surface area contributed by atoms with E-state index < -0.39 is 24.3 Å². The second-order valence-corrected chi connectivity index (χ2v) is 8.31. The molecule has 1 aliphatic heterocycles. The molecule has 0 spiro atoms. The number of rotatable bonds is 3. The van der Waals surface area contributed by atoms with Gasteiger partial charge >= 0.3 is 24.3 Å². The number of alkyl halides is 6. The summed E-state index contributed by atoms with van der Waals surface area (Å²) in [6.07, 6.45) is -5.97. The van der Waals surface area contributed by atoms with Gasteiger partial charge in [0, 0.05) is 18.0 Å². The summed E-state index contributed by atoms with van der Waals surface area (Å²) >= 11 is 0. The van der Waals surface area contributed by atoms with E-state index in [2.05, 4.69) is 24.9 Å². The minimum atomic E-state index is -5.08. The molecule has 42 heavy (non-hydrogen) atoms. The van der Waals surface area contributed by atoms with Gasteiger partial charge in [-0.2, -0.15) is 26.3 Å². The maximum absolute atomic E-state index is 10.6. The van der Waals surface area contributed by atoms with Crippen LogP contribution >= 0.6 is 0 Å². The number of halogens is 6. The number of carboxylic acids is 2. The third kappa shape index (κ3) is 8.18. The second kappa shape index (κ2) is 12.6. The molecule has 0 fully saturated rings. The molecule has 0 aliphatic carbocycles. The molecule has 0 radical (unpaired) electrons. The molecule has 0 amide bonds. The van der Waals surface area contributed by atoms with Crippen molar-refractivity contribution >= 4 is 29.1 Å². The molecule has 18 heteroatoms. The van der Waals surface area contributed by atoms with Crippen molar-refractivity contribution in [1.29, 1.82) is 0 Å². The van der Waals surface area contributed by atoms with Crippen LogP contribution in [0.4, 0.5) is 32.3 Å². The molecule has 0 saturated carbocycles. The lowest BCUT2D eigenvalue weighted by Crippen LogP contribution is -2.21.